The minimum absolute atomic E-state index is 0.00396. The number of anilines is 4. The first-order chi connectivity index (χ1) is 41.2. The zero-order valence-electron chi connectivity index (χ0n) is 47.8. The van der Waals surface area contributed by atoms with E-state index in [1.54, 1.807) is 24.3 Å². The minimum Gasteiger partial charge on any atom is -0.478 e. The smallest absolute Gasteiger partial charge is 0.442 e. The summed E-state index contributed by atoms with van der Waals surface area (Å²) >= 11 is 1.84. The van der Waals surface area contributed by atoms with Gasteiger partial charge in [-0.1, -0.05) is 34.6 Å². The first-order valence-electron chi connectivity index (χ1n) is 26.7. The molecule has 0 spiro atoms. The lowest BCUT2D eigenvalue weighted by Crippen LogP contribution is -2.78. The van der Waals surface area contributed by atoms with Crippen molar-refractivity contribution in [2.75, 3.05) is 48.3 Å². The Morgan fingerprint density at radius 2 is 1.02 bits per heavy atom. The molecule has 4 atom stereocenters. The molecule has 2 unspecified atom stereocenters. The maximum Gasteiger partial charge on any atom is 0.442 e. The van der Waals surface area contributed by atoms with E-state index in [9.17, 15) is 47.4 Å². The highest BCUT2D eigenvalue weighted by Crippen LogP contribution is 2.37. The third kappa shape index (κ3) is 14.8. The Kier molecular flexibility index (Phi) is 19.6. The predicted octanol–water partition coefficient (Wildman–Crippen LogP) is -0.361. The van der Waals surface area contributed by atoms with Gasteiger partial charge in [-0.2, -0.15) is 27.9 Å². The van der Waals surface area contributed by atoms with Crippen LogP contribution in [-0.2, 0) is 84.6 Å². The van der Waals surface area contributed by atoms with Crippen molar-refractivity contribution in [2.24, 2.45) is 35.9 Å². The number of thiazole rings is 2. The van der Waals surface area contributed by atoms with E-state index in [0.29, 0.717) is 34.6 Å². The maximum atomic E-state index is 13.9. The number of hydroxylamine groups is 4. The summed E-state index contributed by atoms with van der Waals surface area (Å²) < 4.78 is 44.9. The summed E-state index contributed by atoms with van der Waals surface area (Å²) in [5.74, 6) is -7.33. The Hall–Kier alpha value is -9.13. The molecule has 0 radical (unpaired) electrons. The normalized spacial score (nSPS) is 17.2. The van der Waals surface area contributed by atoms with Gasteiger partial charge in [0.25, 0.3) is 23.6 Å². The van der Waals surface area contributed by atoms with Crippen molar-refractivity contribution in [1.29, 1.82) is 0 Å². The van der Waals surface area contributed by atoms with Crippen molar-refractivity contribution in [3.05, 3.63) is 95.5 Å². The molecule has 8 rings (SSSR count). The summed E-state index contributed by atoms with van der Waals surface area (Å²) in [6.07, 6.45) is 6.21. The van der Waals surface area contributed by atoms with Gasteiger partial charge in [-0.15, -0.1) is 40.6 Å². The number of carbonyl (C=O) groups excluding carboxylic acids is 4. The molecule has 2 saturated heterocycles. The van der Waals surface area contributed by atoms with Crippen LogP contribution in [0.25, 0.3) is 22.3 Å². The molecular weight excluding hydrogens is 1200 g/mol. The van der Waals surface area contributed by atoms with Gasteiger partial charge in [0.05, 0.1) is 60.8 Å². The zero-order valence-corrected chi connectivity index (χ0v) is 50.3. The molecule has 0 aliphatic carbocycles. The lowest BCUT2D eigenvalue weighted by atomic mass is 9.84. The van der Waals surface area contributed by atoms with Gasteiger partial charge in [0, 0.05) is 22.1 Å². The highest BCUT2D eigenvalue weighted by Gasteiger charge is 2.61. The van der Waals surface area contributed by atoms with Crippen molar-refractivity contribution < 1.29 is 75.0 Å². The Morgan fingerprint density at radius 1 is 0.655 bits per heavy atom. The van der Waals surface area contributed by atoms with Gasteiger partial charge < -0.3 is 64.1 Å². The van der Waals surface area contributed by atoms with E-state index in [2.05, 4.69) is 41.5 Å². The van der Waals surface area contributed by atoms with Crippen LogP contribution >= 0.6 is 22.7 Å². The molecule has 2 aromatic carbocycles. The second-order valence-corrected chi connectivity index (χ2v) is 23.8. The fraction of sp³-hybridized carbons (Fsp3) is 0.385. The van der Waals surface area contributed by atoms with Gasteiger partial charge in [-0.05, 0) is 89.0 Å². The number of nitrogens with one attached hydrogen (secondary N) is 4. The second-order valence-electron chi connectivity index (χ2n) is 20.9. The van der Waals surface area contributed by atoms with E-state index in [1.165, 1.54) is 38.5 Å². The number of β-lactam (4-membered cyclic amide) rings is 2. The number of amides is 4. The number of hydrogen-bond acceptors (Lipinski definition) is 24. The van der Waals surface area contributed by atoms with E-state index < -0.39 is 92.8 Å². The molecule has 464 valence electrons. The van der Waals surface area contributed by atoms with Crippen molar-refractivity contribution >= 4 is 102 Å². The molecule has 4 aromatic heterocycles. The molecule has 6 heterocycles. The van der Waals surface area contributed by atoms with Crippen LogP contribution in [0.5, 0.6) is 0 Å². The number of aliphatic carboxylic acids is 2. The van der Waals surface area contributed by atoms with E-state index in [4.69, 9.17) is 41.2 Å². The van der Waals surface area contributed by atoms with E-state index in [-0.39, 0.29) is 34.7 Å². The van der Waals surface area contributed by atoms with Gasteiger partial charge >= 0.3 is 22.3 Å². The molecule has 87 heavy (non-hydrogen) atoms. The van der Waals surface area contributed by atoms with Gasteiger partial charge in [-0.25, -0.2) is 19.6 Å². The van der Waals surface area contributed by atoms with Crippen molar-refractivity contribution in [3.63, 3.8) is 0 Å². The summed E-state index contributed by atoms with van der Waals surface area (Å²) in [5.41, 5.74) is 23.1. The van der Waals surface area contributed by atoms with Gasteiger partial charge in [0.15, 0.2) is 35.8 Å². The van der Waals surface area contributed by atoms with E-state index in [1.807, 2.05) is 81.9 Å². The number of aryl methyl sites for hydroxylation is 4. The molecule has 0 bridgehead atoms. The number of carbonyl (C=O) groups is 6. The van der Waals surface area contributed by atoms with Crippen LogP contribution in [0, 0.1) is 0 Å². The highest BCUT2D eigenvalue weighted by molar-refractivity contribution is 7.81. The van der Waals surface area contributed by atoms with Gasteiger partial charge in [-0.3, -0.25) is 19.2 Å². The van der Waals surface area contributed by atoms with Crippen LogP contribution in [0.15, 0.2) is 94.4 Å². The topological polar surface area (TPSA) is 441 Å². The third-order valence-electron chi connectivity index (χ3n) is 13.9. The number of carboxylic acid groups (broad SMARTS) is 2. The predicted molar refractivity (Wildman–Crippen MR) is 314 cm³/mol. The van der Waals surface area contributed by atoms with E-state index in [0.717, 1.165) is 70.9 Å². The molecule has 2 aliphatic rings. The monoisotopic (exact) mass is 1260 g/mol. The van der Waals surface area contributed by atoms with Crippen LogP contribution < -0.4 is 53.6 Å². The molecule has 2 fully saturated rings. The molecule has 35 heteroatoms. The molecule has 6 aromatic rings. The number of benzene rings is 2. The first-order valence-corrected chi connectivity index (χ1v) is 29.8. The maximum absolute atomic E-state index is 13.9. The van der Waals surface area contributed by atoms with E-state index >= 15 is 0 Å². The zero-order chi connectivity index (χ0) is 63.1. The van der Waals surface area contributed by atoms with Crippen LogP contribution in [0.3, 0.4) is 0 Å². The Bertz CT molecular complexity index is 3480. The number of aromatic nitrogens is 6. The quantitative estimate of drug-likeness (QED) is 0.0119. The lowest BCUT2D eigenvalue weighted by molar-refractivity contribution is -0.753. The molecule has 32 nitrogen and oxygen atoms in total. The SMILES string of the molecule is C[n+]1cc(-c2ccc(NCC(O/N=C(/C(=O)N[C@@H]3C(=O)N(OS(=O)(=O)ON4C(=O)[C@@H](NC(=O)/C(=N/OC(CNc5ccc(-c6cn(CCCN)[n+](C)c6)cc5)C(=O)O)c5csc(N)n5)C4(C)C)C3(C)C)c3csc(N)n3)C(=O)O)cc2)cn1CCCN. The second kappa shape index (κ2) is 26.6. The van der Waals surface area contributed by atoms with Crippen LogP contribution in [0.1, 0.15) is 51.9 Å². The molecular formula is C52H66N18O14S3+2. The lowest BCUT2D eigenvalue weighted by Gasteiger charge is -2.52. The number of nitrogens with two attached hydrogens (primary N) is 4. The number of rotatable bonds is 30. The molecule has 4 amide bonds. The Labute approximate surface area is 505 Å². The number of nitrogen functional groups attached to an aromatic ring is 2. The first kappa shape index (κ1) is 63.9. The standard InChI is InChI=1S/C52H64N18O14S3/c1-51(2)41(61-43(71)39(35-27-85-49(55)59-35)63-81-37(47(75)76)21-57-33-13-9-29(10-14-33)31-23-65(5)67(25-31)19-7-17-53)45(73)69(51)83-87(79,80)84-70-46(74)42(52(70,3)4)62-44(72)40(36-28-86-50(56)60-36)64-82-38(48(77)78)22-58-34-15-11-30(12-16-34)32-24-66(6)68(26-32)20-8-18-54/h9-16,23-28,37-38,41-42,57-58H,7-8,17-22,53-54H2,1-6H3,(H6-2,55,56,59,60,61,62,71,72,75,76,77,78)/p+2/b63-39+,64-40+/t37?,38?,41-,42-/m1/s1. The summed E-state index contributed by atoms with van der Waals surface area (Å²) in [4.78, 5) is 98.6. The summed E-state index contributed by atoms with van der Waals surface area (Å²) in [6, 6.07) is 11.4. The average Bonchev–Trinajstić information content (AvgIpc) is 1.93. The summed E-state index contributed by atoms with van der Waals surface area (Å²) in [5, 5.41) is 42.0. The molecule has 2 aliphatic heterocycles. The number of nitrogens with zero attached hydrogens (tertiary/aromatic N) is 10. The van der Waals surface area contributed by atoms with Gasteiger partial charge in [0.1, 0.15) is 23.5 Å². The molecule has 0 saturated carbocycles. The van der Waals surface area contributed by atoms with Crippen LogP contribution in [0.2, 0.25) is 0 Å². The van der Waals surface area contributed by atoms with Crippen molar-refractivity contribution in [1.82, 2.24) is 40.1 Å². The van der Waals surface area contributed by atoms with Gasteiger partial charge in [0.2, 0.25) is 24.6 Å². The van der Waals surface area contributed by atoms with Crippen molar-refractivity contribution in [3.8, 4) is 22.3 Å². The third-order valence-corrected chi connectivity index (χ3v) is 15.9. The summed E-state index contributed by atoms with van der Waals surface area (Å²) in [6.45, 7) is 7.25. The number of carboxylic acids is 2. The van der Waals surface area contributed by atoms with Crippen LogP contribution in [0.4, 0.5) is 21.6 Å². The number of hydrogen-bond donors (Lipinski definition) is 10. The van der Waals surface area contributed by atoms with Crippen molar-refractivity contribution in [2.45, 2.75) is 89.0 Å². The average molecular weight is 1260 g/mol. The van der Waals surface area contributed by atoms with Crippen LogP contribution in [-0.4, -0.2) is 157 Å². The molecule has 14 N–H and O–H groups in total. The summed E-state index contributed by atoms with van der Waals surface area (Å²) in [7, 11) is -1.51. The largest absolute Gasteiger partial charge is 0.478 e. The highest BCUT2D eigenvalue weighted by atomic mass is 32.3. The Morgan fingerprint density at radius 3 is 1.33 bits per heavy atom. The fourth-order valence-electron chi connectivity index (χ4n) is 8.97. The minimum atomic E-state index is -5.35. The Balaban J connectivity index is 0.861. The fourth-order valence-corrected chi connectivity index (χ4v) is 11.0. The number of oxime groups is 2.